The van der Waals surface area contributed by atoms with Crippen molar-refractivity contribution in [3.63, 3.8) is 0 Å². The molecule has 0 N–H and O–H groups in total. The van der Waals surface area contributed by atoms with E-state index in [4.69, 9.17) is 18.5 Å². The number of rotatable bonds is 50. The lowest BCUT2D eigenvalue weighted by molar-refractivity contribution is -0.870. The molecule has 0 heterocycles. The van der Waals surface area contributed by atoms with Crippen molar-refractivity contribution >= 4 is 19.8 Å². The number of esters is 2. The number of phosphoric acid groups is 1. The second-order valence-electron chi connectivity index (χ2n) is 19.6. The molecule has 2 atom stereocenters. The van der Waals surface area contributed by atoms with Crippen molar-refractivity contribution in [2.45, 2.75) is 258 Å². The smallest absolute Gasteiger partial charge is 0.306 e. The number of hydrogen-bond acceptors (Lipinski definition) is 8. The predicted octanol–water partition coefficient (Wildman–Crippen LogP) is 15.8. The fraction of sp³-hybridized carbons (Fsp3) is 0.855. The fourth-order valence-corrected chi connectivity index (χ4v) is 8.35. The summed E-state index contributed by atoms with van der Waals surface area (Å²) < 4.78 is 34.1. The van der Waals surface area contributed by atoms with Gasteiger partial charge in [-0.15, -0.1) is 0 Å². The van der Waals surface area contributed by atoms with Gasteiger partial charge in [-0.2, -0.15) is 0 Å². The summed E-state index contributed by atoms with van der Waals surface area (Å²) in [5.41, 5.74) is 0. The van der Waals surface area contributed by atoms with Crippen LogP contribution in [0.25, 0.3) is 0 Å². The number of ether oxygens (including phenoxy) is 2. The molecule has 0 rings (SSSR count). The second kappa shape index (κ2) is 47.3. The lowest BCUT2D eigenvalue weighted by Crippen LogP contribution is -2.37. The van der Waals surface area contributed by atoms with Crippen LogP contribution in [0, 0.1) is 0 Å². The molecule has 0 amide bonds. The highest BCUT2D eigenvalue weighted by Gasteiger charge is 2.21. The molecule has 9 nitrogen and oxygen atoms in total. The molecule has 2 unspecified atom stereocenters. The van der Waals surface area contributed by atoms with Crippen molar-refractivity contribution in [2.24, 2.45) is 0 Å². The van der Waals surface area contributed by atoms with Crippen LogP contribution in [-0.2, 0) is 32.7 Å². The molecule has 0 radical (unpaired) electrons. The first-order chi connectivity index (χ1) is 31.5. The Morgan fingerprint density at radius 3 is 1.23 bits per heavy atom. The molecule has 0 aliphatic rings. The quantitative estimate of drug-likeness (QED) is 0.0195. The van der Waals surface area contributed by atoms with E-state index in [2.05, 4.69) is 50.3 Å². The number of hydrogen-bond donors (Lipinski definition) is 0. The predicted molar refractivity (Wildman–Crippen MR) is 273 cm³/mol. The van der Waals surface area contributed by atoms with E-state index in [1.807, 2.05) is 21.1 Å². The lowest BCUT2D eigenvalue weighted by atomic mass is 10.0. The summed E-state index contributed by atoms with van der Waals surface area (Å²) in [6, 6.07) is 0. The third-order valence-corrected chi connectivity index (χ3v) is 12.8. The first kappa shape index (κ1) is 63.2. The Morgan fingerprint density at radius 1 is 0.477 bits per heavy atom. The Morgan fingerprint density at radius 2 is 0.831 bits per heavy atom. The Hall–Kier alpha value is -1.77. The zero-order valence-corrected chi connectivity index (χ0v) is 44.1. The van der Waals surface area contributed by atoms with Gasteiger partial charge in [0.15, 0.2) is 6.10 Å². The summed E-state index contributed by atoms with van der Waals surface area (Å²) >= 11 is 0. The molecule has 0 saturated carbocycles. The van der Waals surface area contributed by atoms with Crippen LogP contribution in [0.3, 0.4) is 0 Å². The van der Waals surface area contributed by atoms with Crippen molar-refractivity contribution in [1.82, 2.24) is 0 Å². The number of allylic oxidation sites excluding steroid dienone is 6. The number of unbranched alkanes of at least 4 members (excludes halogenated alkanes) is 30. The van der Waals surface area contributed by atoms with Gasteiger partial charge in [0.2, 0.25) is 0 Å². The van der Waals surface area contributed by atoms with Crippen LogP contribution in [0.1, 0.15) is 251 Å². The third-order valence-electron chi connectivity index (χ3n) is 11.9. The molecule has 65 heavy (non-hydrogen) atoms. The molecule has 0 fully saturated rings. The van der Waals surface area contributed by atoms with Gasteiger partial charge in [-0.1, -0.05) is 204 Å². The second-order valence-corrected chi connectivity index (χ2v) is 21.0. The van der Waals surface area contributed by atoms with E-state index in [0.717, 1.165) is 64.2 Å². The Bertz CT molecular complexity index is 1200. The maximum atomic E-state index is 12.8. The van der Waals surface area contributed by atoms with Crippen LogP contribution in [0.15, 0.2) is 36.5 Å². The van der Waals surface area contributed by atoms with Gasteiger partial charge in [0.1, 0.15) is 19.8 Å². The number of phosphoric ester groups is 1. The first-order valence-corrected chi connectivity index (χ1v) is 28.7. The van der Waals surface area contributed by atoms with Crippen molar-refractivity contribution in [3.8, 4) is 0 Å². The zero-order chi connectivity index (χ0) is 47.8. The van der Waals surface area contributed by atoms with Gasteiger partial charge in [0.05, 0.1) is 27.7 Å². The normalized spacial score (nSPS) is 13.6. The van der Waals surface area contributed by atoms with Gasteiger partial charge in [0.25, 0.3) is 7.82 Å². The van der Waals surface area contributed by atoms with Crippen LogP contribution >= 0.6 is 7.82 Å². The summed E-state index contributed by atoms with van der Waals surface area (Å²) in [6.07, 6.45) is 56.1. The fourth-order valence-electron chi connectivity index (χ4n) is 7.62. The topological polar surface area (TPSA) is 111 Å². The van der Waals surface area contributed by atoms with Crippen LogP contribution in [0.5, 0.6) is 0 Å². The van der Waals surface area contributed by atoms with Crippen molar-refractivity contribution in [2.75, 3.05) is 47.5 Å². The molecule has 0 aliphatic heterocycles. The molecule has 10 heteroatoms. The van der Waals surface area contributed by atoms with E-state index in [9.17, 15) is 19.0 Å². The average molecular weight is 938 g/mol. The number of quaternary nitrogens is 1. The Balaban J connectivity index is 4.18. The van der Waals surface area contributed by atoms with Crippen molar-refractivity contribution in [1.29, 1.82) is 0 Å². The monoisotopic (exact) mass is 938 g/mol. The van der Waals surface area contributed by atoms with Gasteiger partial charge in [-0.05, 0) is 70.6 Å². The number of nitrogens with zero attached hydrogens (tertiary/aromatic N) is 1. The van der Waals surface area contributed by atoms with E-state index in [-0.39, 0.29) is 32.0 Å². The summed E-state index contributed by atoms with van der Waals surface area (Å²) in [7, 11) is 1.17. The molecule has 382 valence electrons. The Kier molecular flexibility index (Phi) is 46.0. The molecule has 0 aromatic rings. The standard InChI is InChI=1S/C55H104NO8P/c1-6-8-10-12-14-16-18-20-22-24-25-26-27-28-29-30-31-32-34-36-38-40-42-44-46-48-55(58)64-53(52-63-65(59,60)62-50-49-56(3,4)5)51-61-54(57)47-45-43-41-39-37-35-33-23-21-19-17-15-13-11-9-7-2/h18,20,23-25,33,53H,6-17,19,21-22,26-32,34-52H2,1-5H3/b20-18-,25-24-,33-23-. The van der Waals surface area contributed by atoms with Crippen molar-refractivity contribution in [3.05, 3.63) is 36.5 Å². The third kappa shape index (κ3) is 51.5. The van der Waals surface area contributed by atoms with Crippen LogP contribution in [0.2, 0.25) is 0 Å². The molecular weight excluding hydrogens is 834 g/mol. The van der Waals surface area contributed by atoms with Crippen molar-refractivity contribution < 1.29 is 42.1 Å². The highest BCUT2D eigenvalue weighted by atomic mass is 31.2. The molecule has 0 aliphatic carbocycles. The molecule has 0 bridgehead atoms. The summed E-state index contributed by atoms with van der Waals surface area (Å²) in [4.78, 5) is 37.8. The van der Waals surface area contributed by atoms with E-state index in [1.54, 1.807) is 0 Å². The van der Waals surface area contributed by atoms with E-state index in [1.165, 1.54) is 154 Å². The van der Waals surface area contributed by atoms with E-state index < -0.39 is 26.5 Å². The summed E-state index contributed by atoms with van der Waals surface area (Å²) in [5.74, 6) is -0.836. The molecule has 0 saturated heterocycles. The average Bonchev–Trinajstić information content (AvgIpc) is 3.26. The number of likely N-dealkylation sites (N-methyl/N-ethyl adjacent to an activating group) is 1. The maximum absolute atomic E-state index is 12.8. The van der Waals surface area contributed by atoms with Crippen LogP contribution in [-0.4, -0.2) is 70.0 Å². The highest BCUT2D eigenvalue weighted by Crippen LogP contribution is 2.38. The zero-order valence-electron chi connectivity index (χ0n) is 43.2. The molecular formula is C55H104NO8P. The minimum atomic E-state index is -4.63. The van der Waals surface area contributed by atoms with Gasteiger partial charge in [-0.25, -0.2) is 0 Å². The highest BCUT2D eigenvalue weighted by molar-refractivity contribution is 7.45. The van der Waals surface area contributed by atoms with E-state index >= 15 is 0 Å². The molecule has 0 aromatic carbocycles. The Labute approximate surface area is 401 Å². The van der Waals surface area contributed by atoms with Gasteiger partial charge < -0.3 is 27.9 Å². The minimum absolute atomic E-state index is 0.0314. The van der Waals surface area contributed by atoms with E-state index in [0.29, 0.717) is 17.4 Å². The molecule has 0 aromatic heterocycles. The van der Waals surface area contributed by atoms with Crippen LogP contribution in [0.4, 0.5) is 0 Å². The minimum Gasteiger partial charge on any atom is -0.756 e. The van der Waals surface area contributed by atoms with Gasteiger partial charge in [-0.3, -0.25) is 14.2 Å². The van der Waals surface area contributed by atoms with Crippen LogP contribution < -0.4 is 4.89 Å². The number of carbonyl (C=O) groups is 2. The largest absolute Gasteiger partial charge is 0.756 e. The van der Waals surface area contributed by atoms with Gasteiger partial charge >= 0.3 is 11.9 Å². The number of carbonyl (C=O) groups excluding carboxylic acids is 2. The summed E-state index contributed by atoms with van der Waals surface area (Å²) in [5, 5.41) is 0. The summed E-state index contributed by atoms with van der Waals surface area (Å²) in [6.45, 7) is 4.24. The first-order valence-electron chi connectivity index (χ1n) is 27.2. The van der Waals surface area contributed by atoms with Gasteiger partial charge in [0, 0.05) is 12.8 Å². The maximum Gasteiger partial charge on any atom is 0.306 e. The lowest BCUT2D eigenvalue weighted by Gasteiger charge is -2.28. The SMILES string of the molecule is CCCCCCC/C=C\C/C=C\CCCCCCCCCCCCCCCC(=O)OC(COC(=O)CCCCCCC/C=C\CCCCCCCCC)COP(=O)([O-])OCC[N+](C)(C)C. The molecule has 0 spiro atoms.